The Morgan fingerprint density at radius 3 is 2.54 bits per heavy atom. The van der Waals surface area contributed by atoms with Crippen molar-refractivity contribution >= 4 is 5.91 Å². The molecule has 3 rings (SSSR count). The number of hydrogen-bond acceptors (Lipinski definition) is 4. The van der Waals surface area contributed by atoms with Crippen LogP contribution in [-0.4, -0.2) is 37.1 Å². The van der Waals surface area contributed by atoms with E-state index in [4.69, 9.17) is 0 Å². The highest BCUT2D eigenvalue weighted by Gasteiger charge is 2.20. The van der Waals surface area contributed by atoms with E-state index in [1.54, 1.807) is 12.4 Å². The van der Waals surface area contributed by atoms with Crippen molar-refractivity contribution in [1.29, 1.82) is 0 Å². The maximum atomic E-state index is 12.9. The number of pyridine rings is 1. The molecular weight excluding hydrogens is 348 g/mol. The van der Waals surface area contributed by atoms with Gasteiger partial charge in [-0.1, -0.05) is 29.8 Å². The topological polar surface area (TPSA) is 66.0 Å². The van der Waals surface area contributed by atoms with Gasteiger partial charge in [-0.15, -0.1) is 0 Å². The highest BCUT2D eigenvalue weighted by atomic mass is 16.2. The van der Waals surface area contributed by atoms with Gasteiger partial charge in [0, 0.05) is 18.9 Å². The SMILES string of the molecule is Cc1ccc(C(NCCC2CCNCC2)C(=O)NCCc2ccncc2)cc1. The average molecular weight is 381 g/mol. The Bertz CT molecular complexity index is 711. The molecule has 1 aliphatic heterocycles. The van der Waals surface area contributed by atoms with Crippen molar-refractivity contribution in [3.8, 4) is 0 Å². The Kier molecular flexibility index (Phi) is 8.00. The van der Waals surface area contributed by atoms with Gasteiger partial charge in [-0.2, -0.15) is 0 Å². The van der Waals surface area contributed by atoms with Gasteiger partial charge in [-0.05, 0) is 81.4 Å². The fraction of sp³-hybridized carbons (Fsp3) is 0.478. The first-order chi connectivity index (χ1) is 13.7. The second-order valence-corrected chi connectivity index (χ2v) is 7.68. The Labute approximate surface area is 168 Å². The molecule has 1 aliphatic rings. The van der Waals surface area contributed by atoms with Crippen molar-refractivity contribution in [1.82, 2.24) is 20.9 Å². The highest BCUT2D eigenvalue weighted by molar-refractivity contribution is 5.83. The fourth-order valence-corrected chi connectivity index (χ4v) is 3.70. The summed E-state index contributed by atoms with van der Waals surface area (Å²) in [5.74, 6) is 0.797. The Morgan fingerprint density at radius 2 is 1.82 bits per heavy atom. The zero-order chi connectivity index (χ0) is 19.6. The molecule has 150 valence electrons. The van der Waals surface area contributed by atoms with Gasteiger partial charge in [0.1, 0.15) is 6.04 Å². The molecule has 1 saturated heterocycles. The third-order valence-corrected chi connectivity index (χ3v) is 5.49. The highest BCUT2D eigenvalue weighted by Crippen LogP contribution is 2.18. The van der Waals surface area contributed by atoms with E-state index >= 15 is 0 Å². The lowest BCUT2D eigenvalue weighted by atomic mass is 9.94. The van der Waals surface area contributed by atoms with Crippen LogP contribution >= 0.6 is 0 Å². The summed E-state index contributed by atoms with van der Waals surface area (Å²) in [6.45, 7) is 5.78. The second kappa shape index (κ2) is 10.9. The second-order valence-electron chi connectivity index (χ2n) is 7.68. The van der Waals surface area contributed by atoms with E-state index < -0.39 is 0 Å². The standard InChI is InChI=1S/C23H32N4O/c1-18-2-4-21(5-3-18)22(26-16-10-19-6-12-24-13-7-19)23(28)27-17-11-20-8-14-25-15-9-20/h2-5,8-9,14-15,19,22,24,26H,6-7,10-13,16-17H2,1H3,(H,27,28). The van der Waals surface area contributed by atoms with Crippen molar-refractivity contribution in [3.05, 3.63) is 65.5 Å². The van der Waals surface area contributed by atoms with Crippen molar-refractivity contribution in [3.63, 3.8) is 0 Å². The lowest BCUT2D eigenvalue weighted by molar-refractivity contribution is -0.123. The molecule has 3 N–H and O–H groups in total. The van der Waals surface area contributed by atoms with Crippen LogP contribution in [0.4, 0.5) is 0 Å². The number of amides is 1. The first kappa shape index (κ1) is 20.5. The largest absolute Gasteiger partial charge is 0.354 e. The molecule has 1 aromatic heterocycles. The van der Waals surface area contributed by atoms with Crippen LogP contribution in [0.15, 0.2) is 48.8 Å². The molecule has 1 unspecified atom stereocenters. The summed E-state index contributed by atoms with van der Waals surface area (Å²) in [5.41, 5.74) is 3.41. The minimum absolute atomic E-state index is 0.0446. The molecule has 2 aromatic rings. The van der Waals surface area contributed by atoms with Crippen LogP contribution < -0.4 is 16.0 Å². The molecule has 0 aliphatic carbocycles. The van der Waals surface area contributed by atoms with E-state index in [1.165, 1.54) is 24.0 Å². The third-order valence-electron chi connectivity index (χ3n) is 5.49. The molecule has 2 heterocycles. The van der Waals surface area contributed by atoms with E-state index in [1.807, 2.05) is 12.1 Å². The fourth-order valence-electron chi connectivity index (χ4n) is 3.70. The minimum Gasteiger partial charge on any atom is -0.354 e. The van der Waals surface area contributed by atoms with Crippen LogP contribution in [0.2, 0.25) is 0 Å². The van der Waals surface area contributed by atoms with Gasteiger partial charge < -0.3 is 16.0 Å². The van der Waals surface area contributed by atoms with Crippen molar-refractivity contribution in [2.75, 3.05) is 26.2 Å². The van der Waals surface area contributed by atoms with Gasteiger partial charge in [-0.25, -0.2) is 0 Å². The van der Waals surface area contributed by atoms with Crippen LogP contribution in [-0.2, 0) is 11.2 Å². The van der Waals surface area contributed by atoms with Crippen LogP contribution in [0.25, 0.3) is 0 Å². The number of carbonyl (C=O) groups is 1. The van der Waals surface area contributed by atoms with Gasteiger partial charge in [0.05, 0.1) is 0 Å². The first-order valence-corrected chi connectivity index (χ1v) is 10.4. The maximum Gasteiger partial charge on any atom is 0.241 e. The van der Waals surface area contributed by atoms with E-state index in [0.717, 1.165) is 44.0 Å². The zero-order valence-corrected chi connectivity index (χ0v) is 16.8. The minimum atomic E-state index is -0.306. The van der Waals surface area contributed by atoms with Crippen LogP contribution in [0.5, 0.6) is 0 Å². The average Bonchev–Trinajstić information content (AvgIpc) is 2.73. The zero-order valence-electron chi connectivity index (χ0n) is 16.8. The van der Waals surface area contributed by atoms with Crippen LogP contribution in [0.1, 0.15) is 42.0 Å². The monoisotopic (exact) mass is 380 g/mol. The van der Waals surface area contributed by atoms with Crippen LogP contribution in [0.3, 0.4) is 0 Å². The molecule has 5 heteroatoms. The normalized spacial score (nSPS) is 15.9. The molecule has 5 nitrogen and oxygen atoms in total. The lowest BCUT2D eigenvalue weighted by Gasteiger charge is -2.24. The maximum absolute atomic E-state index is 12.9. The van der Waals surface area contributed by atoms with Gasteiger partial charge in [0.2, 0.25) is 5.91 Å². The van der Waals surface area contributed by atoms with Gasteiger partial charge in [0.15, 0.2) is 0 Å². The summed E-state index contributed by atoms with van der Waals surface area (Å²) in [4.78, 5) is 16.9. The number of nitrogens with zero attached hydrogens (tertiary/aromatic N) is 1. The first-order valence-electron chi connectivity index (χ1n) is 10.4. The predicted molar refractivity (Wildman–Crippen MR) is 113 cm³/mol. The number of piperidine rings is 1. The summed E-state index contributed by atoms with van der Waals surface area (Å²) in [6, 6.07) is 11.9. The van der Waals surface area contributed by atoms with Crippen molar-refractivity contribution < 1.29 is 4.79 Å². The lowest BCUT2D eigenvalue weighted by Crippen LogP contribution is -2.39. The van der Waals surface area contributed by atoms with Gasteiger partial charge >= 0.3 is 0 Å². The van der Waals surface area contributed by atoms with Gasteiger partial charge in [-0.3, -0.25) is 9.78 Å². The molecule has 1 atom stereocenters. The summed E-state index contributed by atoms with van der Waals surface area (Å²) < 4.78 is 0. The summed E-state index contributed by atoms with van der Waals surface area (Å²) in [7, 11) is 0. The molecule has 1 fully saturated rings. The number of nitrogens with one attached hydrogen (secondary N) is 3. The molecule has 1 amide bonds. The van der Waals surface area contributed by atoms with E-state index in [2.05, 4.69) is 52.1 Å². The Balaban J connectivity index is 1.54. The molecular formula is C23H32N4O. The number of rotatable bonds is 9. The number of carbonyl (C=O) groups excluding carboxylic acids is 1. The molecule has 28 heavy (non-hydrogen) atoms. The number of aromatic nitrogens is 1. The van der Waals surface area contributed by atoms with Gasteiger partial charge in [0.25, 0.3) is 0 Å². The predicted octanol–water partition coefficient (Wildman–Crippen LogP) is 2.77. The molecule has 0 bridgehead atoms. The molecule has 0 spiro atoms. The van der Waals surface area contributed by atoms with E-state index in [9.17, 15) is 4.79 Å². The van der Waals surface area contributed by atoms with Crippen molar-refractivity contribution in [2.45, 2.75) is 38.6 Å². The smallest absolute Gasteiger partial charge is 0.241 e. The number of benzene rings is 1. The third kappa shape index (κ3) is 6.43. The number of hydrogen-bond donors (Lipinski definition) is 3. The van der Waals surface area contributed by atoms with E-state index in [-0.39, 0.29) is 11.9 Å². The molecule has 0 saturated carbocycles. The van der Waals surface area contributed by atoms with Crippen molar-refractivity contribution in [2.24, 2.45) is 5.92 Å². The summed E-state index contributed by atoms with van der Waals surface area (Å²) in [5, 5.41) is 10.0. The number of aryl methyl sites for hydroxylation is 1. The Morgan fingerprint density at radius 1 is 1.11 bits per heavy atom. The van der Waals surface area contributed by atoms with E-state index in [0.29, 0.717) is 6.54 Å². The summed E-state index contributed by atoms with van der Waals surface area (Å²) in [6.07, 6.45) is 7.96. The Hall–Kier alpha value is -2.24. The summed E-state index contributed by atoms with van der Waals surface area (Å²) >= 11 is 0. The molecule has 1 aromatic carbocycles. The van der Waals surface area contributed by atoms with Crippen LogP contribution in [0, 0.1) is 12.8 Å². The quantitative estimate of drug-likeness (QED) is 0.626. The molecule has 0 radical (unpaired) electrons.